The van der Waals surface area contributed by atoms with Gasteiger partial charge in [-0.2, -0.15) is 0 Å². The maximum Gasteiger partial charge on any atom is 0.159 e. The summed E-state index contributed by atoms with van der Waals surface area (Å²) in [4.78, 5) is 2.31. The smallest absolute Gasteiger partial charge is 0.159 e. The highest BCUT2D eigenvalue weighted by Gasteiger charge is 2.22. The molecule has 0 N–H and O–H groups in total. The van der Waals surface area contributed by atoms with E-state index in [4.69, 9.17) is 8.83 Å². The maximum absolute atomic E-state index is 7.02. The van der Waals surface area contributed by atoms with Crippen molar-refractivity contribution in [2.24, 2.45) is 0 Å². The van der Waals surface area contributed by atoms with Gasteiger partial charge in [0.15, 0.2) is 5.58 Å². The predicted molar refractivity (Wildman–Crippen MR) is 229 cm³/mol. The standard InChI is InChI=1S/C52H33NO2/c1-3-13-34(14-4-1)35-25-29-38(30-26-35)53(39-31-27-37(28-32-39)40-20-11-21-44-42-18-9-10-24-49(42)54-50(40)44)48-23-12-22-45-47-33-46(36-15-5-2-6-16-36)41-17-7-8-19-43(41)51(47)55-52(45)48/h1-33H. The highest BCUT2D eigenvalue weighted by atomic mass is 16.3. The average molecular weight is 704 g/mol. The van der Waals surface area contributed by atoms with Crippen molar-refractivity contribution in [1.29, 1.82) is 0 Å². The van der Waals surface area contributed by atoms with Crippen LogP contribution in [-0.2, 0) is 0 Å². The molecule has 2 heterocycles. The number of fused-ring (bicyclic) bond motifs is 8. The fourth-order valence-corrected chi connectivity index (χ4v) is 8.26. The lowest BCUT2D eigenvalue weighted by Gasteiger charge is -2.26. The molecule has 0 amide bonds. The first-order valence-corrected chi connectivity index (χ1v) is 18.7. The number of hydrogen-bond acceptors (Lipinski definition) is 3. The molecule has 2 aromatic heterocycles. The number of rotatable bonds is 6. The molecule has 0 radical (unpaired) electrons. The van der Waals surface area contributed by atoms with E-state index < -0.39 is 0 Å². The quantitative estimate of drug-likeness (QED) is 0.173. The van der Waals surface area contributed by atoms with Crippen LogP contribution in [0.4, 0.5) is 17.1 Å². The van der Waals surface area contributed by atoms with Gasteiger partial charge >= 0.3 is 0 Å². The van der Waals surface area contributed by atoms with Gasteiger partial charge in [0, 0.05) is 43.9 Å². The van der Waals surface area contributed by atoms with E-state index >= 15 is 0 Å². The minimum absolute atomic E-state index is 0.844. The summed E-state index contributed by atoms with van der Waals surface area (Å²) >= 11 is 0. The SMILES string of the molecule is c1ccc(-c2ccc(N(c3ccc(-c4cccc5c4oc4ccccc45)cc3)c3cccc4c3oc3c5ccccc5c(-c5ccccc5)cc43)cc2)cc1. The number of furan rings is 2. The Labute approximate surface area is 317 Å². The van der Waals surface area contributed by atoms with Gasteiger partial charge in [-0.1, -0.05) is 158 Å². The summed E-state index contributed by atoms with van der Waals surface area (Å²) in [5, 5.41) is 6.70. The number of benzene rings is 9. The van der Waals surface area contributed by atoms with Crippen LogP contribution in [0, 0.1) is 0 Å². The molecule has 258 valence electrons. The summed E-state index contributed by atoms with van der Waals surface area (Å²) in [7, 11) is 0. The minimum Gasteiger partial charge on any atom is -0.455 e. The molecule has 0 aliphatic heterocycles. The van der Waals surface area contributed by atoms with E-state index in [1.54, 1.807) is 0 Å². The monoisotopic (exact) mass is 703 g/mol. The fraction of sp³-hybridized carbons (Fsp3) is 0. The van der Waals surface area contributed by atoms with E-state index in [9.17, 15) is 0 Å². The van der Waals surface area contributed by atoms with Crippen molar-refractivity contribution < 1.29 is 8.83 Å². The van der Waals surface area contributed by atoms with Crippen molar-refractivity contribution in [3.05, 3.63) is 200 Å². The summed E-state index contributed by atoms with van der Waals surface area (Å²) in [6, 6.07) is 70.7. The van der Waals surface area contributed by atoms with Gasteiger partial charge in [-0.05, 0) is 75.7 Å². The highest BCUT2D eigenvalue weighted by molar-refractivity contribution is 6.21. The van der Waals surface area contributed by atoms with Crippen molar-refractivity contribution in [2.45, 2.75) is 0 Å². The molecule has 0 aliphatic carbocycles. The number of nitrogens with zero attached hydrogens (tertiary/aromatic N) is 1. The van der Waals surface area contributed by atoms with Crippen LogP contribution in [0.1, 0.15) is 0 Å². The Kier molecular flexibility index (Phi) is 7.17. The Morgan fingerprint density at radius 1 is 0.291 bits per heavy atom. The van der Waals surface area contributed by atoms with Crippen LogP contribution in [0.25, 0.3) is 88.0 Å². The minimum atomic E-state index is 0.844. The fourth-order valence-electron chi connectivity index (χ4n) is 8.26. The van der Waals surface area contributed by atoms with Crippen molar-refractivity contribution in [3.63, 3.8) is 0 Å². The van der Waals surface area contributed by atoms with Crippen LogP contribution in [0.3, 0.4) is 0 Å². The van der Waals surface area contributed by atoms with Crippen LogP contribution < -0.4 is 4.90 Å². The normalized spacial score (nSPS) is 11.6. The van der Waals surface area contributed by atoms with E-state index in [0.717, 1.165) is 77.5 Å². The first kappa shape index (κ1) is 31.2. The number of para-hydroxylation sites is 3. The van der Waals surface area contributed by atoms with Gasteiger partial charge in [0.25, 0.3) is 0 Å². The van der Waals surface area contributed by atoms with Crippen molar-refractivity contribution in [3.8, 4) is 33.4 Å². The van der Waals surface area contributed by atoms with Crippen LogP contribution in [0.2, 0.25) is 0 Å². The van der Waals surface area contributed by atoms with Gasteiger partial charge < -0.3 is 13.7 Å². The molecule has 0 unspecified atom stereocenters. The Hall–Kier alpha value is -7.36. The molecular weight excluding hydrogens is 671 g/mol. The van der Waals surface area contributed by atoms with Gasteiger partial charge in [0.05, 0.1) is 5.69 Å². The van der Waals surface area contributed by atoms with Crippen LogP contribution in [0.15, 0.2) is 209 Å². The van der Waals surface area contributed by atoms with E-state index in [1.807, 2.05) is 12.1 Å². The van der Waals surface area contributed by atoms with Crippen LogP contribution in [-0.4, -0.2) is 0 Å². The third-order valence-corrected chi connectivity index (χ3v) is 10.9. The zero-order valence-corrected chi connectivity index (χ0v) is 29.8. The van der Waals surface area contributed by atoms with Crippen LogP contribution >= 0.6 is 0 Å². The Morgan fingerprint density at radius 2 is 0.800 bits per heavy atom. The molecule has 0 saturated carbocycles. The maximum atomic E-state index is 7.02. The first-order valence-electron chi connectivity index (χ1n) is 18.7. The first-order chi connectivity index (χ1) is 27.3. The summed E-state index contributed by atoms with van der Waals surface area (Å²) in [6.45, 7) is 0. The Bertz CT molecular complexity index is 3180. The Morgan fingerprint density at radius 3 is 1.53 bits per heavy atom. The van der Waals surface area contributed by atoms with E-state index in [-0.39, 0.29) is 0 Å². The van der Waals surface area contributed by atoms with Gasteiger partial charge in [-0.25, -0.2) is 0 Å². The lowest BCUT2D eigenvalue weighted by Crippen LogP contribution is -2.10. The molecule has 11 rings (SSSR count). The second-order valence-electron chi connectivity index (χ2n) is 14.0. The van der Waals surface area contributed by atoms with Crippen LogP contribution in [0.5, 0.6) is 0 Å². The Balaban J connectivity index is 1.10. The summed E-state index contributed by atoms with van der Waals surface area (Å²) in [6.07, 6.45) is 0. The summed E-state index contributed by atoms with van der Waals surface area (Å²) < 4.78 is 13.4. The molecule has 0 bridgehead atoms. The zero-order valence-electron chi connectivity index (χ0n) is 29.8. The zero-order chi connectivity index (χ0) is 36.3. The predicted octanol–water partition coefficient (Wildman–Crippen LogP) is 15.1. The molecule has 0 saturated heterocycles. The van der Waals surface area contributed by atoms with E-state index in [2.05, 4.69) is 193 Å². The lowest BCUT2D eigenvalue weighted by molar-refractivity contribution is 0.670. The van der Waals surface area contributed by atoms with E-state index in [0.29, 0.717) is 0 Å². The molecule has 0 atom stereocenters. The molecule has 55 heavy (non-hydrogen) atoms. The molecule has 0 spiro atoms. The third kappa shape index (κ3) is 5.13. The second-order valence-corrected chi connectivity index (χ2v) is 14.0. The third-order valence-electron chi connectivity index (χ3n) is 10.9. The van der Waals surface area contributed by atoms with Crippen molar-refractivity contribution in [1.82, 2.24) is 0 Å². The molecule has 11 aromatic rings. The molecule has 9 aromatic carbocycles. The molecule has 0 aliphatic rings. The molecule has 3 nitrogen and oxygen atoms in total. The largest absolute Gasteiger partial charge is 0.455 e. The molecule has 0 fully saturated rings. The van der Waals surface area contributed by atoms with Gasteiger partial charge in [0.2, 0.25) is 0 Å². The summed E-state index contributed by atoms with van der Waals surface area (Å²) in [5.41, 5.74) is 13.5. The number of anilines is 3. The number of hydrogen-bond donors (Lipinski definition) is 0. The van der Waals surface area contributed by atoms with Gasteiger partial charge in [0.1, 0.15) is 16.7 Å². The topological polar surface area (TPSA) is 29.5 Å². The lowest BCUT2D eigenvalue weighted by atomic mass is 9.95. The average Bonchev–Trinajstić information content (AvgIpc) is 3.84. The summed E-state index contributed by atoms with van der Waals surface area (Å²) in [5.74, 6) is 0. The highest BCUT2D eigenvalue weighted by Crippen LogP contribution is 2.46. The van der Waals surface area contributed by atoms with Crippen molar-refractivity contribution in [2.75, 3.05) is 4.90 Å². The van der Waals surface area contributed by atoms with Gasteiger partial charge in [-0.3, -0.25) is 0 Å². The second kappa shape index (κ2) is 12.6. The molecular formula is C52H33NO2. The van der Waals surface area contributed by atoms with E-state index in [1.165, 1.54) is 27.6 Å². The van der Waals surface area contributed by atoms with Crippen molar-refractivity contribution >= 4 is 71.7 Å². The molecule has 3 heteroatoms. The van der Waals surface area contributed by atoms with Gasteiger partial charge in [-0.15, -0.1) is 0 Å².